The van der Waals surface area contributed by atoms with Gasteiger partial charge >= 0.3 is 0 Å². The third-order valence-corrected chi connectivity index (χ3v) is 9.94. The highest BCUT2D eigenvalue weighted by atomic mass is 32.2. The second-order valence-electron chi connectivity index (χ2n) is 11.0. The molecule has 4 N–H and O–H groups in total. The molecule has 0 aliphatic carbocycles. The van der Waals surface area contributed by atoms with E-state index in [0.29, 0.717) is 55.7 Å². The van der Waals surface area contributed by atoms with Crippen LogP contribution in [0.25, 0.3) is 0 Å². The van der Waals surface area contributed by atoms with E-state index in [1.54, 1.807) is 18.2 Å². The van der Waals surface area contributed by atoms with Gasteiger partial charge in [0.2, 0.25) is 15.9 Å². The average molecular weight is 630 g/mol. The summed E-state index contributed by atoms with van der Waals surface area (Å²) >= 11 is 0. The van der Waals surface area contributed by atoms with Crippen molar-refractivity contribution in [1.29, 1.82) is 0 Å². The minimum Gasteiger partial charge on any atom is -0.378 e. The van der Waals surface area contributed by atoms with Gasteiger partial charge in [-0.3, -0.25) is 14.7 Å². The summed E-state index contributed by atoms with van der Waals surface area (Å²) in [4.78, 5) is 28.4. The van der Waals surface area contributed by atoms with Gasteiger partial charge in [0.25, 0.3) is 5.91 Å². The van der Waals surface area contributed by atoms with Crippen LogP contribution in [0.4, 0.5) is 26.0 Å². The molecule has 234 valence electrons. The number of nitrogens with zero attached hydrogens (tertiary/aromatic N) is 3. The first kappa shape index (κ1) is 30.1. The summed E-state index contributed by atoms with van der Waals surface area (Å²) < 4.78 is 60.6. The van der Waals surface area contributed by atoms with Crippen molar-refractivity contribution >= 4 is 39.0 Å². The number of H-pyrrole nitrogens is 1. The first-order valence-corrected chi connectivity index (χ1v) is 16.0. The Kier molecular flexibility index (Phi) is 8.62. The van der Waals surface area contributed by atoms with E-state index in [9.17, 15) is 26.8 Å². The van der Waals surface area contributed by atoms with Crippen LogP contribution in [-0.4, -0.2) is 80.2 Å². The first-order chi connectivity index (χ1) is 21.2. The number of halogens is 2. The van der Waals surface area contributed by atoms with Crippen LogP contribution in [0.2, 0.25) is 0 Å². The number of morpholine rings is 1. The number of ether oxygens (including phenoxy) is 1. The number of amides is 2. The zero-order chi connectivity index (χ0) is 30.8. The van der Waals surface area contributed by atoms with E-state index in [1.165, 1.54) is 0 Å². The Morgan fingerprint density at radius 2 is 1.77 bits per heavy atom. The van der Waals surface area contributed by atoms with Crippen LogP contribution in [0.3, 0.4) is 0 Å². The molecular formula is C29H33F2N7O5S. The van der Waals surface area contributed by atoms with Crippen molar-refractivity contribution in [2.24, 2.45) is 0 Å². The molecule has 0 bridgehead atoms. The van der Waals surface area contributed by atoms with Gasteiger partial charge in [-0.1, -0.05) is 6.42 Å². The Labute approximate surface area is 253 Å². The zero-order valence-corrected chi connectivity index (χ0v) is 24.7. The molecule has 2 amide bonds. The summed E-state index contributed by atoms with van der Waals surface area (Å²) in [6, 6.07) is 6.99. The molecule has 2 saturated heterocycles. The topological polar surface area (TPSA) is 149 Å². The van der Waals surface area contributed by atoms with Crippen molar-refractivity contribution in [2.45, 2.75) is 43.2 Å². The molecule has 44 heavy (non-hydrogen) atoms. The Morgan fingerprint density at radius 1 is 1.00 bits per heavy atom. The van der Waals surface area contributed by atoms with E-state index >= 15 is 0 Å². The number of carbonyl (C=O) groups excluding carboxylic acids is 2. The van der Waals surface area contributed by atoms with E-state index in [4.69, 9.17) is 4.74 Å². The van der Waals surface area contributed by atoms with Crippen molar-refractivity contribution in [1.82, 2.24) is 19.8 Å². The Morgan fingerprint density at radius 3 is 2.50 bits per heavy atom. The summed E-state index contributed by atoms with van der Waals surface area (Å²) in [5.74, 6) is -2.66. The molecule has 6 rings (SSSR count). The third kappa shape index (κ3) is 6.31. The zero-order valence-electron chi connectivity index (χ0n) is 23.9. The number of nitrogens with one attached hydrogen (secondary N) is 4. The van der Waals surface area contributed by atoms with Crippen molar-refractivity contribution in [3.8, 4) is 0 Å². The highest BCUT2D eigenvalue weighted by Crippen LogP contribution is 2.31. The summed E-state index contributed by atoms with van der Waals surface area (Å²) in [5, 5.41) is 16.0. The number of hydrogen-bond acceptors (Lipinski definition) is 8. The number of rotatable bonds is 7. The molecule has 2 fully saturated rings. The summed E-state index contributed by atoms with van der Waals surface area (Å²) in [6.07, 6.45) is 2.87. The normalized spacial score (nSPS) is 19.3. The number of sulfonamides is 1. The van der Waals surface area contributed by atoms with Crippen molar-refractivity contribution in [3.05, 3.63) is 64.9 Å². The average Bonchev–Trinajstić information content (AvgIpc) is 3.43. The van der Waals surface area contributed by atoms with Crippen LogP contribution in [0.5, 0.6) is 0 Å². The second-order valence-corrected chi connectivity index (χ2v) is 12.9. The lowest BCUT2D eigenvalue weighted by Crippen LogP contribution is -2.43. The number of fused-ring (bicyclic) bond motifs is 1. The van der Waals surface area contributed by atoms with Gasteiger partial charge in [-0.25, -0.2) is 17.2 Å². The van der Waals surface area contributed by atoms with Gasteiger partial charge < -0.3 is 25.6 Å². The fraction of sp³-hybridized carbons (Fsp3) is 0.414. The fourth-order valence-corrected chi connectivity index (χ4v) is 7.18. The molecule has 0 spiro atoms. The third-order valence-electron chi connectivity index (χ3n) is 8.11. The van der Waals surface area contributed by atoms with Crippen LogP contribution >= 0.6 is 0 Å². The predicted molar refractivity (Wildman–Crippen MR) is 158 cm³/mol. The van der Waals surface area contributed by atoms with E-state index < -0.39 is 32.5 Å². The molecule has 0 saturated carbocycles. The largest absolute Gasteiger partial charge is 0.378 e. The Hall–Kier alpha value is -3.92. The molecular weight excluding hydrogens is 596 g/mol. The van der Waals surface area contributed by atoms with Gasteiger partial charge in [0.05, 0.1) is 35.4 Å². The van der Waals surface area contributed by atoms with E-state index in [1.807, 2.05) is 0 Å². The molecule has 4 heterocycles. The molecule has 3 aliphatic rings. The Balaban J connectivity index is 1.24. The highest BCUT2D eigenvalue weighted by Gasteiger charge is 2.33. The van der Waals surface area contributed by atoms with E-state index in [2.05, 4.69) is 31.0 Å². The molecule has 0 radical (unpaired) electrons. The lowest BCUT2D eigenvalue weighted by atomic mass is 10.0. The lowest BCUT2D eigenvalue weighted by molar-refractivity contribution is -0.118. The van der Waals surface area contributed by atoms with Gasteiger partial charge in [-0.2, -0.15) is 9.40 Å². The smallest absolute Gasteiger partial charge is 0.258 e. The van der Waals surface area contributed by atoms with Crippen molar-refractivity contribution in [3.63, 3.8) is 0 Å². The molecule has 1 atom stereocenters. The van der Waals surface area contributed by atoms with Gasteiger partial charge in [-0.05, 0) is 49.7 Å². The van der Waals surface area contributed by atoms with Crippen LogP contribution in [0, 0.1) is 11.6 Å². The number of benzene rings is 2. The van der Waals surface area contributed by atoms with Crippen LogP contribution in [0.15, 0.2) is 41.3 Å². The maximum Gasteiger partial charge on any atom is 0.258 e. The quantitative estimate of drug-likeness (QED) is 0.312. The first-order valence-electron chi connectivity index (χ1n) is 14.5. The number of anilines is 3. The van der Waals surface area contributed by atoms with Gasteiger partial charge in [0.15, 0.2) is 5.82 Å². The molecule has 3 aromatic rings. The molecule has 1 aromatic heterocycles. The molecule has 3 aliphatic heterocycles. The van der Waals surface area contributed by atoms with Crippen LogP contribution in [0.1, 0.15) is 40.9 Å². The fourth-order valence-electron chi connectivity index (χ4n) is 5.73. The lowest BCUT2D eigenvalue weighted by Gasteiger charge is -2.30. The van der Waals surface area contributed by atoms with Gasteiger partial charge in [0, 0.05) is 55.6 Å². The van der Waals surface area contributed by atoms with Gasteiger partial charge in [0.1, 0.15) is 11.6 Å². The van der Waals surface area contributed by atoms with E-state index in [0.717, 1.165) is 41.5 Å². The molecule has 15 heteroatoms. The summed E-state index contributed by atoms with van der Waals surface area (Å²) in [7, 11) is -4.24. The Bertz CT molecular complexity index is 1650. The number of hydrogen-bond donors (Lipinski definition) is 4. The monoisotopic (exact) mass is 629 g/mol. The standard InChI is InChI=1S/C29H33F2N7O5S/c30-18-13-19(31)15-21(14-18)44(41,42)38-8-6-24-23(17-38)27(36-35-24)34-28(39)22-5-4-20(37-9-11-43-12-10-37)16-26(22)33-29(40)25-3-1-2-7-32-25/h4-5,13-16,25,32H,1-3,6-12,17H2,(H,33,40)(H2,34,35,36,39). The number of aromatic amines is 1. The van der Waals surface area contributed by atoms with Crippen molar-refractivity contribution < 1.29 is 31.5 Å². The highest BCUT2D eigenvalue weighted by molar-refractivity contribution is 7.89. The summed E-state index contributed by atoms with van der Waals surface area (Å²) in [5.41, 5.74) is 2.45. The maximum atomic E-state index is 13.8. The van der Waals surface area contributed by atoms with Crippen molar-refractivity contribution in [2.75, 3.05) is 54.9 Å². The molecule has 12 nitrogen and oxygen atoms in total. The minimum atomic E-state index is -4.24. The summed E-state index contributed by atoms with van der Waals surface area (Å²) in [6.45, 7) is 3.10. The molecule has 2 aromatic carbocycles. The van der Waals surface area contributed by atoms with Crippen LogP contribution < -0.4 is 20.9 Å². The number of carbonyl (C=O) groups is 2. The predicted octanol–water partition coefficient (Wildman–Crippen LogP) is 2.60. The van der Waals surface area contributed by atoms with E-state index in [-0.39, 0.29) is 42.8 Å². The minimum absolute atomic E-state index is 0.0530. The molecule has 1 unspecified atom stereocenters. The van der Waals surface area contributed by atoms with Crippen LogP contribution in [-0.2, 0) is 32.5 Å². The number of aromatic nitrogens is 2. The number of piperidine rings is 1. The maximum absolute atomic E-state index is 13.8. The second kappa shape index (κ2) is 12.6. The van der Waals surface area contributed by atoms with Gasteiger partial charge in [-0.15, -0.1) is 0 Å². The SMILES string of the molecule is O=C(Nc1n[nH]c2c1CN(S(=O)(=O)c1cc(F)cc(F)c1)CC2)c1ccc(N2CCOCC2)cc1NC(=O)C1CCCCN1.